The lowest BCUT2D eigenvalue weighted by Gasteiger charge is -2.30. The van der Waals surface area contributed by atoms with Gasteiger partial charge in [-0.3, -0.25) is 9.59 Å². The van der Waals surface area contributed by atoms with E-state index in [0.717, 1.165) is 0 Å². The minimum Gasteiger partial charge on any atom is -0.393 e. The molecule has 0 N–H and O–H groups in total. The zero-order valence-electron chi connectivity index (χ0n) is 9.27. The Balaban J connectivity index is 2.06. The fourth-order valence-corrected chi connectivity index (χ4v) is 4.54. The summed E-state index contributed by atoms with van der Waals surface area (Å²) >= 11 is 0. The van der Waals surface area contributed by atoms with Crippen LogP contribution in [-0.2, 0) is 14.3 Å². The van der Waals surface area contributed by atoms with Gasteiger partial charge in [-0.15, -0.1) is 0 Å². The summed E-state index contributed by atoms with van der Waals surface area (Å²) < 4.78 is 4.78. The van der Waals surface area contributed by atoms with Gasteiger partial charge in [-0.25, -0.2) is 0 Å². The Labute approximate surface area is 89.2 Å². The molecule has 2 aliphatic carbocycles. The van der Waals surface area contributed by atoms with Crippen molar-refractivity contribution >= 4 is 11.9 Å². The Morgan fingerprint density at radius 3 is 1.60 bits per heavy atom. The van der Waals surface area contributed by atoms with Crippen molar-refractivity contribution in [1.82, 2.24) is 0 Å². The Bertz CT molecular complexity index is 317. The van der Waals surface area contributed by atoms with Crippen LogP contribution >= 0.6 is 0 Å². The predicted octanol–water partition coefficient (Wildman–Crippen LogP) is 1.47. The Morgan fingerprint density at radius 1 is 0.800 bits per heavy atom. The second-order valence-corrected chi connectivity index (χ2v) is 5.52. The molecular formula is C12H16O3. The summed E-state index contributed by atoms with van der Waals surface area (Å²) in [7, 11) is 0. The van der Waals surface area contributed by atoms with E-state index in [2.05, 4.69) is 20.8 Å². The first-order valence-electron chi connectivity index (χ1n) is 5.79. The highest BCUT2D eigenvalue weighted by molar-refractivity contribution is 5.97. The lowest BCUT2D eigenvalue weighted by atomic mass is 9.70. The summed E-state index contributed by atoms with van der Waals surface area (Å²) in [5.41, 5.74) is 0. The standard InChI is InChI=1S/C12H16O3/c1-4-5(2)8-6(3)7(4)9-10(8)12(14)15-11(9)13/h4-10H,1-3H3/t4-,5-,6?,7?,8?,9-,10?/m1/s1. The molecule has 3 fully saturated rings. The number of esters is 2. The first-order valence-corrected chi connectivity index (χ1v) is 5.79. The molecule has 0 aromatic rings. The zero-order valence-corrected chi connectivity index (χ0v) is 9.27. The van der Waals surface area contributed by atoms with Crippen LogP contribution in [-0.4, -0.2) is 11.9 Å². The van der Waals surface area contributed by atoms with E-state index in [4.69, 9.17) is 4.74 Å². The molecule has 3 heteroatoms. The molecule has 2 saturated carbocycles. The molecule has 1 heterocycles. The van der Waals surface area contributed by atoms with Gasteiger partial charge in [-0.1, -0.05) is 20.8 Å². The summed E-state index contributed by atoms with van der Waals surface area (Å²) in [6, 6.07) is 0. The SMILES string of the molecule is CC1C2C3C(=O)OC(=O)[C@@H]3C1[C@H](C)[C@H]2C. The molecule has 1 aliphatic heterocycles. The van der Waals surface area contributed by atoms with Gasteiger partial charge in [0.1, 0.15) is 0 Å². The van der Waals surface area contributed by atoms with Gasteiger partial charge in [0, 0.05) is 0 Å². The normalized spacial score (nSPS) is 57.1. The van der Waals surface area contributed by atoms with Crippen LogP contribution in [0.4, 0.5) is 0 Å². The predicted molar refractivity (Wildman–Crippen MR) is 52.6 cm³/mol. The molecule has 1 saturated heterocycles. The molecule has 3 nitrogen and oxygen atoms in total. The van der Waals surface area contributed by atoms with Crippen LogP contribution in [0.2, 0.25) is 0 Å². The van der Waals surface area contributed by atoms with Crippen molar-refractivity contribution in [3.63, 3.8) is 0 Å². The molecule has 3 rings (SSSR count). The van der Waals surface area contributed by atoms with Gasteiger partial charge < -0.3 is 4.74 Å². The van der Waals surface area contributed by atoms with Crippen molar-refractivity contribution in [3.8, 4) is 0 Å². The van der Waals surface area contributed by atoms with Crippen molar-refractivity contribution in [1.29, 1.82) is 0 Å². The lowest BCUT2D eigenvalue weighted by Crippen LogP contribution is -2.34. The Hall–Kier alpha value is -0.860. The van der Waals surface area contributed by atoms with E-state index in [1.807, 2.05) is 0 Å². The van der Waals surface area contributed by atoms with Crippen LogP contribution in [0.15, 0.2) is 0 Å². The summed E-state index contributed by atoms with van der Waals surface area (Å²) in [6.07, 6.45) is 0. The largest absolute Gasteiger partial charge is 0.393 e. The molecule has 0 spiro atoms. The van der Waals surface area contributed by atoms with E-state index in [1.54, 1.807) is 0 Å². The van der Waals surface area contributed by atoms with E-state index in [9.17, 15) is 9.59 Å². The molecule has 0 radical (unpaired) electrons. The van der Waals surface area contributed by atoms with Gasteiger partial charge in [0.2, 0.25) is 0 Å². The molecule has 7 atom stereocenters. The maximum absolute atomic E-state index is 11.6. The van der Waals surface area contributed by atoms with E-state index < -0.39 is 0 Å². The number of hydrogen-bond acceptors (Lipinski definition) is 3. The van der Waals surface area contributed by atoms with Crippen LogP contribution in [0, 0.1) is 41.4 Å². The molecule has 4 unspecified atom stereocenters. The lowest BCUT2D eigenvalue weighted by molar-refractivity contribution is -0.155. The van der Waals surface area contributed by atoms with Gasteiger partial charge in [0.05, 0.1) is 11.8 Å². The van der Waals surface area contributed by atoms with Crippen molar-refractivity contribution in [2.24, 2.45) is 41.4 Å². The highest BCUT2D eigenvalue weighted by atomic mass is 16.6. The number of rotatable bonds is 0. The number of carbonyl (C=O) groups is 2. The second-order valence-electron chi connectivity index (χ2n) is 5.52. The smallest absolute Gasteiger partial charge is 0.317 e. The Kier molecular flexibility index (Phi) is 1.64. The van der Waals surface area contributed by atoms with Crippen LogP contribution in [0.1, 0.15) is 20.8 Å². The topological polar surface area (TPSA) is 43.4 Å². The van der Waals surface area contributed by atoms with Crippen molar-refractivity contribution in [3.05, 3.63) is 0 Å². The maximum Gasteiger partial charge on any atom is 0.317 e. The maximum atomic E-state index is 11.6. The fraction of sp³-hybridized carbons (Fsp3) is 0.833. The van der Waals surface area contributed by atoms with Gasteiger partial charge >= 0.3 is 11.9 Å². The average molecular weight is 208 g/mol. The van der Waals surface area contributed by atoms with E-state index in [0.29, 0.717) is 29.6 Å². The number of ether oxygens (including phenoxy) is 1. The minimum atomic E-state index is -0.261. The molecule has 15 heavy (non-hydrogen) atoms. The molecule has 0 aromatic carbocycles. The van der Waals surface area contributed by atoms with Crippen LogP contribution in [0.3, 0.4) is 0 Å². The third kappa shape index (κ3) is 0.876. The van der Waals surface area contributed by atoms with Crippen molar-refractivity contribution in [2.75, 3.05) is 0 Å². The van der Waals surface area contributed by atoms with Gasteiger partial charge in [-0.2, -0.15) is 0 Å². The molecule has 0 amide bonds. The van der Waals surface area contributed by atoms with Crippen LogP contribution in [0.25, 0.3) is 0 Å². The second kappa shape index (κ2) is 2.63. The average Bonchev–Trinajstić information content (AvgIpc) is 2.68. The quantitative estimate of drug-likeness (QED) is 0.447. The van der Waals surface area contributed by atoms with Crippen LogP contribution < -0.4 is 0 Å². The summed E-state index contributed by atoms with van der Waals surface area (Å²) in [4.78, 5) is 23.2. The van der Waals surface area contributed by atoms with Crippen LogP contribution in [0.5, 0.6) is 0 Å². The fourth-order valence-electron chi connectivity index (χ4n) is 4.54. The van der Waals surface area contributed by atoms with Gasteiger partial charge in [-0.05, 0) is 29.6 Å². The van der Waals surface area contributed by atoms with Gasteiger partial charge in [0.15, 0.2) is 0 Å². The third-order valence-electron chi connectivity index (χ3n) is 5.22. The highest BCUT2D eigenvalue weighted by Crippen LogP contribution is 2.63. The van der Waals surface area contributed by atoms with E-state index in [1.165, 1.54) is 0 Å². The molecule has 0 aromatic heterocycles. The number of hydrogen-bond donors (Lipinski definition) is 0. The summed E-state index contributed by atoms with van der Waals surface area (Å²) in [5, 5.41) is 0. The zero-order chi connectivity index (χ0) is 10.9. The number of cyclic esters (lactones) is 2. The number of fused-ring (bicyclic) bond motifs is 5. The molecule has 3 aliphatic rings. The first-order chi connectivity index (χ1) is 7.04. The monoisotopic (exact) mass is 208 g/mol. The van der Waals surface area contributed by atoms with Gasteiger partial charge in [0.25, 0.3) is 0 Å². The summed E-state index contributed by atoms with van der Waals surface area (Å²) in [5.74, 6) is 1.57. The highest BCUT2D eigenvalue weighted by Gasteiger charge is 2.67. The molecule has 82 valence electrons. The third-order valence-corrected chi connectivity index (χ3v) is 5.22. The first kappa shape index (κ1) is 9.37. The summed E-state index contributed by atoms with van der Waals surface area (Å²) in [6.45, 7) is 6.60. The van der Waals surface area contributed by atoms with Crippen molar-refractivity contribution < 1.29 is 14.3 Å². The van der Waals surface area contributed by atoms with E-state index in [-0.39, 0.29) is 23.8 Å². The minimum absolute atomic E-state index is 0.122. The molecule has 2 bridgehead atoms. The Morgan fingerprint density at radius 2 is 1.20 bits per heavy atom. The molecular weight excluding hydrogens is 192 g/mol. The van der Waals surface area contributed by atoms with Crippen molar-refractivity contribution in [2.45, 2.75) is 20.8 Å². The number of carbonyl (C=O) groups excluding carboxylic acids is 2. The van der Waals surface area contributed by atoms with E-state index >= 15 is 0 Å².